The Kier molecular flexibility index (Phi) is 5.06. The van der Waals surface area contributed by atoms with E-state index in [9.17, 15) is 4.79 Å². The minimum Gasteiger partial charge on any atom is -0.288 e. The van der Waals surface area contributed by atoms with Gasteiger partial charge in [0.05, 0.1) is 27.5 Å². The quantitative estimate of drug-likeness (QED) is 0.372. The number of fused-ring (bicyclic) bond motifs is 1. The number of nitrogens with zero attached hydrogens (tertiary/aromatic N) is 3. The molecule has 3 aromatic carbocycles. The maximum absolute atomic E-state index is 13.4. The first-order valence-corrected chi connectivity index (χ1v) is 10.9. The van der Waals surface area contributed by atoms with E-state index in [1.54, 1.807) is 6.21 Å². The molecule has 6 heteroatoms. The summed E-state index contributed by atoms with van der Waals surface area (Å²) in [6.07, 6.45) is 1.68. The molecule has 2 aromatic heterocycles. The van der Waals surface area contributed by atoms with Crippen LogP contribution in [0.25, 0.3) is 26.6 Å². The summed E-state index contributed by atoms with van der Waals surface area (Å²) in [4.78, 5) is 22.7. The zero-order valence-electron chi connectivity index (χ0n) is 16.9. The third kappa shape index (κ3) is 3.73. The molecule has 0 saturated heterocycles. The maximum atomic E-state index is 13.4. The van der Waals surface area contributed by atoms with E-state index in [0.717, 1.165) is 27.0 Å². The molecule has 1 atom stereocenters. The van der Waals surface area contributed by atoms with E-state index in [1.165, 1.54) is 16.0 Å². The number of hydrogen-bond donors (Lipinski definition) is 1. The van der Waals surface area contributed by atoms with Crippen LogP contribution in [0.5, 0.6) is 0 Å². The lowest BCUT2D eigenvalue weighted by Crippen LogP contribution is -2.17. The van der Waals surface area contributed by atoms with E-state index >= 15 is 0 Å². The van der Waals surface area contributed by atoms with Gasteiger partial charge in [-0.2, -0.15) is 4.68 Å². The third-order valence-corrected chi connectivity index (χ3v) is 6.19. The highest BCUT2D eigenvalue weighted by Crippen LogP contribution is 2.26. The van der Waals surface area contributed by atoms with Crippen LogP contribution in [0.2, 0.25) is 0 Å². The van der Waals surface area contributed by atoms with E-state index in [-0.39, 0.29) is 11.6 Å². The number of aliphatic imine (C=N–C) groups is 1. The first-order chi connectivity index (χ1) is 15.2. The van der Waals surface area contributed by atoms with Crippen LogP contribution in [0, 0.1) is 0 Å². The SMILES string of the molecule is C[C@H](N=Cc1c(-c2ccccc2)[nH]n(-c2nc3ccccc3s2)c1=O)c1ccccc1. The molecule has 1 N–H and O–H groups in total. The van der Waals surface area contributed by atoms with Crippen LogP contribution in [-0.2, 0) is 0 Å². The summed E-state index contributed by atoms with van der Waals surface area (Å²) in [6.45, 7) is 2.02. The van der Waals surface area contributed by atoms with Crippen LogP contribution >= 0.6 is 11.3 Å². The second-order valence-electron chi connectivity index (χ2n) is 7.24. The molecule has 0 bridgehead atoms. The highest BCUT2D eigenvalue weighted by Gasteiger charge is 2.18. The van der Waals surface area contributed by atoms with E-state index < -0.39 is 0 Å². The Bertz CT molecular complexity index is 1380. The van der Waals surface area contributed by atoms with Crippen molar-refractivity contribution in [3.63, 3.8) is 0 Å². The molecule has 2 heterocycles. The van der Waals surface area contributed by atoms with Gasteiger partial charge in [-0.1, -0.05) is 84.1 Å². The van der Waals surface area contributed by atoms with Crippen molar-refractivity contribution in [3.05, 3.63) is 106 Å². The first kappa shape index (κ1) is 19.2. The van der Waals surface area contributed by atoms with Crippen molar-refractivity contribution >= 4 is 27.8 Å². The molecule has 0 saturated carbocycles. The zero-order chi connectivity index (χ0) is 21.2. The Morgan fingerprint density at radius 2 is 1.65 bits per heavy atom. The Hall–Kier alpha value is -3.77. The molecule has 0 amide bonds. The summed E-state index contributed by atoms with van der Waals surface area (Å²) >= 11 is 1.48. The van der Waals surface area contributed by atoms with Gasteiger partial charge in [0, 0.05) is 11.8 Å². The van der Waals surface area contributed by atoms with Crippen LogP contribution in [0.4, 0.5) is 0 Å². The monoisotopic (exact) mass is 424 g/mol. The highest BCUT2D eigenvalue weighted by molar-refractivity contribution is 7.20. The molecular formula is C25H20N4OS. The van der Waals surface area contributed by atoms with Gasteiger partial charge in [-0.3, -0.25) is 14.9 Å². The molecule has 31 heavy (non-hydrogen) atoms. The van der Waals surface area contributed by atoms with Gasteiger partial charge < -0.3 is 0 Å². The standard InChI is InChI=1S/C25H20N4OS/c1-17(18-10-4-2-5-11-18)26-16-20-23(19-12-6-3-7-13-19)28-29(24(20)30)25-27-21-14-8-9-15-22(21)31-25/h2-17,28H,1H3/t17-/m0/s1. The third-order valence-electron chi connectivity index (χ3n) is 5.17. The minimum absolute atomic E-state index is 0.0602. The molecule has 0 aliphatic heterocycles. The number of para-hydroxylation sites is 1. The topological polar surface area (TPSA) is 63.0 Å². The summed E-state index contributed by atoms with van der Waals surface area (Å²) in [5.41, 5.74) is 3.98. The second kappa shape index (κ2) is 8.16. The van der Waals surface area contributed by atoms with Crippen LogP contribution in [-0.4, -0.2) is 21.0 Å². The number of benzene rings is 3. The number of thiazole rings is 1. The van der Waals surface area contributed by atoms with Crippen LogP contribution < -0.4 is 5.56 Å². The molecule has 0 spiro atoms. The van der Waals surface area contributed by atoms with Crippen molar-refractivity contribution < 1.29 is 0 Å². The van der Waals surface area contributed by atoms with Crippen molar-refractivity contribution in [1.82, 2.24) is 14.8 Å². The normalized spacial score (nSPS) is 12.5. The largest absolute Gasteiger partial charge is 0.288 e. The van der Waals surface area contributed by atoms with Crippen LogP contribution in [0.15, 0.2) is 94.7 Å². The first-order valence-electron chi connectivity index (χ1n) is 10.1. The van der Waals surface area contributed by atoms with Gasteiger partial charge in [-0.15, -0.1) is 0 Å². The van der Waals surface area contributed by atoms with Gasteiger partial charge in [0.25, 0.3) is 5.56 Å². The van der Waals surface area contributed by atoms with Crippen molar-refractivity contribution in [2.45, 2.75) is 13.0 Å². The summed E-state index contributed by atoms with van der Waals surface area (Å²) < 4.78 is 2.55. The average Bonchev–Trinajstić information content (AvgIpc) is 3.39. The number of rotatable bonds is 5. The summed E-state index contributed by atoms with van der Waals surface area (Å²) in [5, 5.41) is 3.88. The Labute approximate surface area is 183 Å². The maximum Gasteiger partial charge on any atom is 0.282 e. The van der Waals surface area contributed by atoms with E-state index in [4.69, 9.17) is 0 Å². The second-order valence-corrected chi connectivity index (χ2v) is 8.25. The summed E-state index contributed by atoms with van der Waals surface area (Å²) in [6, 6.07) is 27.7. The van der Waals surface area contributed by atoms with Gasteiger partial charge in [0.2, 0.25) is 5.13 Å². The highest BCUT2D eigenvalue weighted by atomic mass is 32.1. The molecule has 5 rings (SSSR count). The Morgan fingerprint density at radius 3 is 2.39 bits per heavy atom. The van der Waals surface area contributed by atoms with Gasteiger partial charge in [0.1, 0.15) is 0 Å². The number of hydrogen-bond acceptors (Lipinski definition) is 4. The van der Waals surface area contributed by atoms with Crippen molar-refractivity contribution in [3.8, 4) is 16.4 Å². The fourth-order valence-electron chi connectivity index (χ4n) is 3.49. The summed E-state index contributed by atoms with van der Waals surface area (Å²) in [5.74, 6) is 0. The van der Waals surface area contributed by atoms with Crippen molar-refractivity contribution in [2.75, 3.05) is 0 Å². The lowest BCUT2D eigenvalue weighted by atomic mass is 10.1. The lowest BCUT2D eigenvalue weighted by molar-refractivity contribution is 0.824. The molecule has 0 aliphatic rings. The Morgan fingerprint density at radius 1 is 0.968 bits per heavy atom. The fourth-order valence-corrected chi connectivity index (χ4v) is 4.41. The molecule has 5 aromatic rings. The molecule has 152 valence electrons. The van der Waals surface area contributed by atoms with E-state index in [1.807, 2.05) is 91.9 Å². The number of aromatic amines is 1. The van der Waals surface area contributed by atoms with E-state index in [0.29, 0.717) is 10.7 Å². The van der Waals surface area contributed by atoms with Gasteiger partial charge in [-0.25, -0.2) is 4.98 Å². The zero-order valence-corrected chi connectivity index (χ0v) is 17.7. The fraction of sp³-hybridized carbons (Fsp3) is 0.0800. The van der Waals surface area contributed by atoms with Crippen LogP contribution in [0.1, 0.15) is 24.1 Å². The predicted molar refractivity (Wildman–Crippen MR) is 127 cm³/mol. The summed E-state index contributed by atoms with van der Waals surface area (Å²) in [7, 11) is 0. The number of nitrogens with one attached hydrogen (secondary N) is 1. The van der Waals surface area contributed by atoms with Gasteiger partial charge in [-0.05, 0) is 24.6 Å². The molecule has 5 nitrogen and oxygen atoms in total. The minimum atomic E-state index is -0.165. The molecule has 0 aliphatic carbocycles. The number of aromatic nitrogens is 3. The molecular weight excluding hydrogens is 404 g/mol. The van der Waals surface area contributed by atoms with Gasteiger partial charge >= 0.3 is 0 Å². The van der Waals surface area contributed by atoms with Crippen LogP contribution in [0.3, 0.4) is 0 Å². The van der Waals surface area contributed by atoms with E-state index in [2.05, 4.69) is 15.1 Å². The molecule has 0 fully saturated rings. The smallest absolute Gasteiger partial charge is 0.282 e. The molecule has 0 radical (unpaired) electrons. The molecule has 0 unspecified atom stereocenters. The van der Waals surface area contributed by atoms with Crippen molar-refractivity contribution in [1.29, 1.82) is 0 Å². The lowest BCUT2D eigenvalue weighted by Gasteiger charge is -2.05. The van der Waals surface area contributed by atoms with Crippen molar-refractivity contribution in [2.24, 2.45) is 4.99 Å². The predicted octanol–water partition coefficient (Wildman–Crippen LogP) is 5.62. The Balaban J connectivity index is 1.62. The van der Waals surface area contributed by atoms with Gasteiger partial charge in [0.15, 0.2) is 0 Å². The average molecular weight is 425 g/mol. The number of H-pyrrole nitrogens is 1.